The fraction of sp³-hybridized carbons (Fsp3) is 0.800. The van der Waals surface area contributed by atoms with Gasteiger partial charge in [0.2, 0.25) is 0 Å². The molecule has 0 aliphatic heterocycles. The van der Waals surface area contributed by atoms with Gasteiger partial charge in [-0.3, -0.25) is 4.79 Å². The largest absolute Gasteiger partial charge is 0.507 e. The van der Waals surface area contributed by atoms with Gasteiger partial charge in [-0.2, -0.15) is 0 Å². The van der Waals surface area contributed by atoms with Crippen LogP contribution in [0.3, 0.4) is 0 Å². The smallest absolute Gasteiger partial charge is 0.466 e. The molecule has 0 unspecified atom stereocenters. The first-order valence-corrected chi connectivity index (χ1v) is 5.07. The molecule has 0 aromatic carbocycles. The standard InChI is InChI=1S/C10H18O5/c1-3-14-9(11)7-5-4-6-8-15-10(12)13-2/h3-8H2,1-2H3. The third kappa shape index (κ3) is 9.05. The Morgan fingerprint density at radius 1 is 1.07 bits per heavy atom. The minimum atomic E-state index is -0.666. The van der Waals surface area contributed by atoms with Crippen molar-refractivity contribution in [3.05, 3.63) is 0 Å². The second-order valence-corrected chi connectivity index (χ2v) is 2.92. The van der Waals surface area contributed by atoms with Crippen LogP contribution in [0.1, 0.15) is 32.6 Å². The van der Waals surface area contributed by atoms with Gasteiger partial charge < -0.3 is 14.2 Å². The molecule has 0 aromatic rings. The number of carbonyl (C=O) groups excluding carboxylic acids is 2. The summed E-state index contributed by atoms with van der Waals surface area (Å²) in [6.45, 7) is 2.53. The molecule has 0 aliphatic rings. The topological polar surface area (TPSA) is 61.8 Å². The molecule has 0 aromatic heterocycles. The summed E-state index contributed by atoms with van der Waals surface area (Å²) in [5, 5.41) is 0. The van der Waals surface area contributed by atoms with Crippen molar-refractivity contribution in [3.63, 3.8) is 0 Å². The molecule has 0 rings (SSSR count). The fourth-order valence-electron chi connectivity index (χ4n) is 0.996. The van der Waals surface area contributed by atoms with Crippen LogP contribution in [0.5, 0.6) is 0 Å². The first-order valence-electron chi connectivity index (χ1n) is 5.07. The molecule has 88 valence electrons. The Bertz CT molecular complexity index is 190. The predicted octanol–water partition coefficient (Wildman–Crippen LogP) is 1.89. The normalized spacial score (nSPS) is 9.47. The zero-order chi connectivity index (χ0) is 11.5. The number of unbranched alkanes of at least 4 members (excludes halogenated alkanes) is 2. The van der Waals surface area contributed by atoms with Gasteiger partial charge in [0.1, 0.15) is 0 Å². The molecule has 0 heterocycles. The molecule has 0 aliphatic carbocycles. The highest BCUT2D eigenvalue weighted by Crippen LogP contribution is 2.02. The number of esters is 1. The van der Waals surface area contributed by atoms with Crippen molar-refractivity contribution < 1.29 is 23.8 Å². The molecule has 5 heteroatoms. The monoisotopic (exact) mass is 218 g/mol. The van der Waals surface area contributed by atoms with Crippen molar-refractivity contribution in [1.82, 2.24) is 0 Å². The number of hydrogen-bond donors (Lipinski definition) is 0. The number of ether oxygens (including phenoxy) is 3. The van der Waals surface area contributed by atoms with Crippen LogP contribution < -0.4 is 0 Å². The molecule has 0 spiro atoms. The molecular formula is C10H18O5. The van der Waals surface area contributed by atoms with E-state index >= 15 is 0 Å². The molecule has 0 fully saturated rings. The lowest BCUT2D eigenvalue weighted by Crippen LogP contribution is -2.06. The maximum absolute atomic E-state index is 10.9. The number of carbonyl (C=O) groups is 2. The summed E-state index contributed by atoms with van der Waals surface area (Å²) in [7, 11) is 1.27. The Labute approximate surface area is 89.7 Å². The zero-order valence-corrected chi connectivity index (χ0v) is 9.28. The van der Waals surface area contributed by atoms with Gasteiger partial charge in [0.25, 0.3) is 0 Å². The highest BCUT2D eigenvalue weighted by molar-refractivity contribution is 5.69. The van der Waals surface area contributed by atoms with Crippen molar-refractivity contribution in [3.8, 4) is 0 Å². The van der Waals surface area contributed by atoms with Crippen LogP contribution in [-0.2, 0) is 19.0 Å². The van der Waals surface area contributed by atoms with E-state index in [0.717, 1.165) is 19.3 Å². The van der Waals surface area contributed by atoms with E-state index in [1.165, 1.54) is 7.11 Å². The van der Waals surface area contributed by atoms with Gasteiger partial charge in [0, 0.05) is 6.42 Å². The van der Waals surface area contributed by atoms with Crippen LogP contribution in [0.4, 0.5) is 4.79 Å². The number of methoxy groups -OCH3 is 1. The minimum Gasteiger partial charge on any atom is -0.466 e. The summed E-state index contributed by atoms with van der Waals surface area (Å²) >= 11 is 0. The Balaban J connectivity index is 3.18. The average molecular weight is 218 g/mol. The van der Waals surface area contributed by atoms with E-state index in [-0.39, 0.29) is 5.97 Å². The van der Waals surface area contributed by atoms with Gasteiger partial charge in [-0.1, -0.05) is 0 Å². The van der Waals surface area contributed by atoms with Crippen molar-refractivity contribution in [2.75, 3.05) is 20.3 Å². The van der Waals surface area contributed by atoms with Gasteiger partial charge >= 0.3 is 12.1 Å². The SMILES string of the molecule is CCOC(=O)CCCCCOC(=O)OC. The molecule has 0 saturated carbocycles. The van der Waals surface area contributed by atoms with Crippen molar-refractivity contribution in [2.45, 2.75) is 32.6 Å². The molecule has 15 heavy (non-hydrogen) atoms. The first kappa shape index (κ1) is 13.7. The molecule has 5 nitrogen and oxygen atoms in total. The Hall–Kier alpha value is -1.26. The number of rotatable bonds is 7. The van der Waals surface area contributed by atoms with E-state index < -0.39 is 6.16 Å². The van der Waals surface area contributed by atoms with Gasteiger partial charge in [0.05, 0.1) is 20.3 Å². The van der Waals surface area contributed by atoms with Crippen LogP contribution in [0.2, 0.25) is 0 Å². The van der Waals surface area contributed by atoms with Crippen LogP contribution >= 0.6 is 0 Å². The van der Waals surface area contributed by atoms with Gasteiger partial charge in [-0.25, -0.2) is 4.79 Å². The second kappa shape index (κ2) is 9.30. The summed E-state index contributed by atoms with van der Waals surface area (Å²) in [5.41, 5.74) is 0. The van der Waals surface area contributed by atoms with E-state index in [4.69, 9.17) is 4.74 Å². The van der Waals surface area contributed by atoms with Crippen molar-refractivity contribution in [1.29, 1.82) is 0 Å². The lowest BCUT2D eigenvalue weighted by Gasteiger charge is -2.03. The highest BCUT2D eigenvalue weighted by Gasteiger charge is 2.02. The summed E-state index contributed by atoms with van der Waals surface area (Å²) < 4.78 is 13.7. The van der Waals surface area contributed by atoms with Gasteiger partial charge in [0.15, 0.2) is 0 Å². The highest BCUT2D eigenvalue weighted by atomic mass is 16.7. The zero-order valence-electron chi connectivity index (χ0n) is 9.28. The Morgan fingerprint density at radius 2 is 1.80 bits per heavy atom. The lowest BCUT2D eigenvalue weighted by atomic mass is 10.2. The fourth-order valence-corrected chi connectivity index (χ4v) is 0.996. The van der Waals surface area contributed by atoms with E-state index in [9.17, 15) is 9.59 Å². The Morgan fingerprint density at radius 3 is 2.40 bits per heavy atom. The summed E-state index contributed by atoms with van der Waals surface area (Å²) in [5.74, 6) is -0.175. The molecule has 0 radical (unpaired) electrons. The molecule has 0 N–H and O–H groups in total. The first-order chi connectivity index (χ1) is 7.20. The summed E-state index contributed by atoms with van der Waals surface area (Å²) in [4.78, 5) is 21.4. The number of hydrogen-bond acceptors (Lipinski definition) is 5. The lowest BCUT2D eigenvalue weighted by molar-refractivity contribution is -0.143. The minimum absolute atomic E-state index is 0.175. The Kier molecular flexibility index (Phi) is 8.52. The average Bonchev–Trinajstić information content (AvgIpc) is 2.23. The van der Waals surface area contributed by atoms with Crippen LogP contribution in [0, 0.1) is 0 Å². The molecule has 0 saturated heterocycles. The van der Waals surface area contributed by atoms with Crippen LogP contribution in [-0.4, -0.2) is 32.4 Å². The third-order valence-corrected chi connectivity index (χ3v) is 1.72. The van der Waals surface area contributed by atoms with Crippen LogP contribution in [0.25, 0.3) is 0 Å². The van der Waals surface area contributed by atoms with Gasteiger partial charge in [-0.05, 0) is 26.2 Å². The summed E-state index contributed by atoms with van der Waals surface area (Å²) in [6.07, 6.45) is 2.07. The van der Waals surface area contributed by atoms with E-state index in [0.29, 0.717) is 19.6 Å². The third-order valence-electron chi connectivity index (χ3n) is 1.72. The van der Waals surface area contributed by atoms with E-state index in [2.05, 4.69) is 9.47 Å². The summed E-state index contributed by atoms with van der Waals surface area (Å²) in [6, 6.07) is 0. The quantitative estimate of drug-likeness (QED) is 0.482. The molecule has 0 atom stereocenters. The molecular weight excluding hydrogens is 200 g/mol. The maximum atomic E-state index is 10.9. The van der Waals surface area contributed by atoms with Crippen molar-refractivity contribution in [2.24, 2.45) is 0 Å². The van der Waals surface area contributed by atoms with E-state index in [1.54, 1.807) is 6.92 Å². The molecule has 0 bridgehead atoms. The van der Waals surface area contributed by atoms with E-state index in [1.807, 2.05) is 0 Å². The molecule has 0 amide bonds. The second-order valence-electron chi connectivity index (χ2n) is 2.92. The van der Waals surface area contributed by atoms with Gasteiger partial charge in [-0.15, -0.1) is 0 Å². The maximum Gasteiger partial charge on any atom is 0.507 e. The van der Waals surface area contributed by atoms with Crippen molar-refractivity contribution >= 4 is 12.1 Å². The predicted molar refractivity (Wildman–Crippen MR) is 53.5 cm³/mol. The van der Waals surface area contributed by atoms with Crippen LogP contribution in [0.15, 0.2) is 0 Å².